The highest BCUT2D eigenvalue weighted by Gasteiger charge is 2.16. The van der Waals surface area contributed by atoms with Crippen LogP contribution in [0.15, 0.2) is 29.1 Å². The van der Waals surface area contributed by atoms with Gasteiger partial charge in [0.2, 0.25) is 0 Å². The van der Waals surface area contributed by atoms with E-state index in [2.05, 4.69) is 15.0 Å². The molecule has 0 aliphatic heterocycles. The molecule has 1 unspecified atom stereocenters. The lowest BCUT2D eigenvalue weighted by molar-refractivity contribution is -0.140. The Morgan fingerprint density at radius 3 is 2.80 bits per heavy atom. The van der Waals surface area contributed by atoms with E-state index in [9.17, 15) is 9.59 Å². The monoisotopic (exact) mass is 347 g/mol. The summed E-state index contributed by atoms with van der Waals surface area (Å²) in [6.45, 7) is 3.60. The molecule has 2 aromatic rings. The molecule has 0 fully saturated rings. The first kappa shape index (κ1) is 19.1. The summed E-state index contributed by atoms with van der Waals surface area (Å²) in [6, 6.07) is 7.17. The SMILES string of the molecule is COCCNC(C)c1nc2ccccc2c(=O)n1CCCC(=O)OC. The Morgan fingerprint density at radius 2 is 2.08 bits per heavy atom. The molecule has 136 valence electrons. The molecule has 0 aliphatic carbocycles. The molecule has 0 saturated heterocycles. The van der Waals surface area contributed by atoms with Crippen LogP contribution in [0.1, 0.15) is 31.6 Å². The van der Waals surface area contributed by atoms with Crippen molar-refractivity contribution in [3.8, 4) is 0 Å². The van der Waals surface area contributed by atoms with Gasteiger partial charge < -0.3 is 14.8 Å². The number of nitrogens with one attached hydrogen (secondary N) is 1. The van der Waals surface area contributed by atoms with Crippen LogP contribution in [-0.2, 0) is 20.8 Å². The third kappa shape index (κ3) is 4.87. The Bertz CT molecular complexity index is 772. The number of hydrogen-bond acceptors (Lipinski definition) is 6. The van der Waals surface area contributed by atoms with Crippen molar-refractivity contribution in [1.29, 1.82) is 0 Å². The smallest absolute Gasteiger partial charge is 0.305 e. The van der Waals surface area contributed by atoms with Crippen LogP contribution in [0.5, 0.6) is 0 Å². The maximum Gasteiger partial charge on any atom is 0.305 e. The summed E-state index contributed by atoms with van der Waals surface area (Å²) in [6.07, 6.45) is 0.783. The van der Waals surface area contributed by atoms with E-state index in [1.54, 1.807) is 17.7 Å². The van der Waals surface area contributed by atoms with E-state index in [1.807, 2.05) is 25.1 Å². The van der Waals surface area contributed by atoms with Crippen molar-refractivity contribution in [3.63, 3.8) is 0 Å². The van der Waals surface area contributed by atoms with E-state index < -0.39 is 0 Å². The van der Waals surface area contributed by atoms with Crippen molar-refractivity contribution >= 4 is 16.9 Å². The summed E-state index contributed by atoms with van der Waals surface area (Å²) in [5, 5.41) is 3.88. The number of carbonyl (C=O) groups is 1. The van der Waals surface area contributed by atoms with E-state index >= 15 is 0 Å². The highest BCUT2D eigenvalue weighted by atomic mass is 16.5. The van der Waals surface area contributed by atoms with Crippen molar-refractivity contribution < 1.29 is 14.3 Å². The molecule has 2 rings (SSSR count). The molecule has 7 nitrogen and oxygen atoms in total. The first-order valence-electron chi connectivity index (χ1n) is 8.37. The molecule has 25 heavy (non-hydrogen) atoms. The number of nitrogens with zero attached hydrogens (tertiary/aromatic N) is 2. The number of fused-ring (bicyclic) bond motifs is 1. The molecule has 0 amide bonds. The van der Waals surface area contributed by atoms with Gasteiger partial charge in [0.15, 0.2) is 0 Å². The van der Waals surface area contributed by atoms with Gasteiger partial charge in [0.25, 0.3) is 5.56 Å². The zero-order chi connectivity index (χ0) is 18.2. The molecule has 7 heteroatoms. The molecule has 1 heterocycles. The van der Waals surface area contributed by atoms with Crippen molar-refractivity contribution in [2.24, 2.45) is 0 Å². The van der Waals surface area contributed by atoms with Gasteiger partial charge in [-0.05, 0) is 25.5 Å². The number of ether oxygens (including phenoxy) is 2. The zero-order valence-electron chi connectivity index (χ0n) is 14.9. The summed E-state index contributed by atoms with van der Waals surface area (Å²) < 4.78 is 11.4. The number of benzene rings is 1. The van der Waals surface area contributed by atoms with Gasteiger partial charge in [-0.15, -0.1) is 0 Å². The third-order valence-corrected chi connectivity index (χ3v) is 4.03. The normalized spacial score (nSPS) is 12.3. The molecule has 1 N–H and O–H groups in total. The number of esters is 1. The molecule has 0 saturated carbocycles. The summed E-state index contributed by atoms with van der Waals surface area (Å²) in [5.74, 6) is 0.374. The molecule has 0 radical (unpaired) electrons. The van der Waals surface area contributed by atoms with Crippen LogP contribution in [0.25, 0.3) is 10.9 Å². The van der Waals surface area contributed by atoms with Gasteiger partial charge in [0.05, 0.1) is 30.7 Å². The minimum atomic E-state index is -0.283. The lowest BCUT2D eigenvalue weighted by atomic mass is 10.2. The van der Waals surface area contributed by atoms with Gasteiger partial charge in [-0.2, -0.15) is 0 Å². The molecule has 0 bridgehead atoms. The van der Waals surface area contributed by atoms with Crippen molar-refractivity contribution in [2.75, 3.05) is 27.4 Å². The number of methoxy groups -OCH3 is 2. The van der Waals surface area contributed by atoms with E-state index in [4.69, 9.17) is 4.74 Å². The molecule has 0 spiro atoms. The van der Waals surface area contributed by atoms with Gasteiger partial charge in [-0.1, -0.05) is 12.1 Å². The molecule has 0 aliphatic rings. The Balaban J connectivity index is 2.33. The van der Waals surface area contributed by atoms with Gasteiger partial charge in [-0.3, -0.25) is 14.2 Å². The van der Waals surface area contributed by atoms with Crippen LogP contribution in [0, 0.1) is 0 Å². The Kier molecular flexibility index (Phi) is 7.09. The lowest BCUT2D eigenvalue weighted by Gasteiger charge is -2.19. The summed E-state index contributed by atoms with van der Waals surface area (Å²) in [7, 11) is 3.00. The lowest BCUT2D eigenvalue weighted by Crippen LogP contribution is -2.32. The molecular weight excluding hydrogens is 322 g/mol. The number of para-hydroxylation sites is 1. The van der Waals surface area contributed by atoms with Crippen LogP contribution in [0.4, 0.5) is 0 Å². The summed E-state index contributed by atoms with van der Waals surface area (Å²) in [5.41, 5.74) is 0.581. The van der Waals surface area contributed by atoms with Crippen LogP contribution in [0.3, 0.4) is 0 Å². The second-order valence-electron chi connectivity index (χ2n) is 5.79. The number of rotatable bonds is 9. The van der Waals surface area contributed by atoms with Crippen molar-refractivity contribution in [2.45, 2.75) is 32.4 Å². The average molecular weight is 347 g/mol. The highest BCUT2D eigenvalue weighted by Crippen LogP contribution is 2.14. The topological polar surface area (TPSA) is 82.5 Å². The molecule has 1 aromatic heterocycles. The van der Waals surface area contributed by atoms with Crippen LogP contribution < -0.4 is 10.9 Å². The largest absolute Gasteiger partial charge is 0.469 e. The van der Waals surface area contributed by atoms with E-state index in [0.717, 1.165) is 0 Å². The number of carbonyl (C=O) groups excluding carboxylic acids is 1. The standard InChI is InChI=1S/C18H25N3O4/c1-13(19-10-12-24-2)17-20-15-8-5-4-7-14(15)18(23)21(17)11-6-9-16(22)25-3/h4-5,7-8,13,19H,6,9-12H2,1-3H3. The van der Waals surface area contributed by atoms with Crippen LogP contribution in [-0.4, -0.2) is 42.9 Å². The van der Waals surface area contributed by atoms with Crippen molar-refractivity contribution in [3.05, 3.63) is 40.4 Å². The van der Waals surface area contributed by atoms with Gasteiger partial charge in [0.1, 0.15) is 5.82 Å². The average Bonchev–Trinajstić information content (AvgIpc) is 2.63. The fraction of sp³-hybridized carbons (Fsp3) is 0.500. The zero-order valence-corrected chi connectivity index (χ0v) is 14.9. The van der Waals surface area contributed by atoms with Gasteiger partial charge >= 0.3 is 5.97 Å². The quantitative estimate of drug-likeness (QED) is 0.549. The molecular formula is C18H25N3O4. The van der Waals surface area contributed by atoms with E-state index in [-0.39, 0.29) is 24.0 Å². The fourth-order valence-electron chi connectivity index (χ4n) is 2.68. The Morgan fingerprint density at radius 1 is 1.32 bits per heavy atom. The second-order valence-corrected chi connectivity index (χ2v) is 5.79. The first-order valence-corrected chi connectivity index (χ1v) is 8.37. The summed E-state index contributed by atoms with van der Waals surface area (Å²) >= 11 is 0. The maximum atomic E-state index is 12.9. The molecule has 1 atom stereocenters. The Hall–Kier alpha value is -2.25. The predicted molar refractivity (Wildman–Crippen MR) is 95.5 cm³/mol. The summed E-state index contributed by atoms with van der Waals surface area (Å²) in [4.78, 5) is 28.9. The van der Waals surface area contributed by atoms with E-state index in [1.165, 1.54) is 7.11 Å². The number of aromatic nitrogens is 2. The second kappa shape index (κ2) is 9.29. The van der Waals surface area contributed by atoms with Gasteiger partial charge in [0, 0.05) is 26.6 Å². The highest BCUT2D eigenvalue weighted by molar-refractivity contribution is 5.77. The fourth-order valence-corrected chi connectivity index (χ4v) is 2.68. The van der Waals surface area contributed by atoms with E-state index in [0.29, 0.717) is 42.8 Å². The molecule has 1 aromatic carbocycles. The van der Waals surface area contributed by atoms with Crippen LogP contribution in [0.2, 0.25) is 0 Å². The maximum absolute atomic E-state index is 12.9. The van der Waals surface area contributed by atoms with Gasteiger partial charge in [-0.25, -0.2) is 4.98 Å². The first-order chi connectivity index (χ1) is 12.1. The third-order valence-electron chi connectivity index (χ3n) is 4.03. The predicted octanol–water partition coefficient (Wildman–Crippen LogP) is 1.65. The number of hydrogen-bond donors (Lipinski definition) is 1. The van der Waals surface area contributed by atoms with Crippen molar-refractivity contribution in [1.82, 2.24) is 14.9 Å². The Labute approximate surface area is 147 Å². The minimum Gasteiger partial charge on any atom is -0.469 e. The minimum absolute atomic E-state index is 0.0918. The van der Waals surface area contributed by atoms with Crippen LogP contribution >= 0.6 is 0 Å².